The van der Waals surface area contributed by atoms with Gasteiger partial charge < -0.3 is 4.98 Å². The van der Waals surface area contributed by atoms with E-state index in [0.29, 0.717) is 34.9 Å². The summed E-state index contributed by atoms with van der Waals surface area (Å²) < 4.78 is 3.36. The van der Waals surface area contributed by atoms with E-state index in [1.165, 1.54) is 0 Å². The van der Waals surface area contributed by atoms with Gasteiger partial charge in [0.15, 0.2) is 11.3 Å². The molecule has 0 unspecified atom stereocenters. The number of aromatic amines is 1. The summed E-state index contributed by atoms with van der Waals surface area (Å²) in [7, 11) is 0. The predicted molar refractivity (Wildman–Crippen MR) is 109 cm³/mol. The highest BCUT2D eigenvalue weighted by Gasteiger charge is 2.14. The third kappa shape index (κ3) is 2.76. The Bertz CT molecular complexity index is 1480. The molecule has 140 valence electrons. The van der Waals surface area contributed by atoms with E-state index >= 15 is 0 Å². The van der Waals surface area contributed by atoms with E-state index in [0.717, 1.165) is 16.6 Å². The van der Waals surface area contributed by atoms with Crippen LogP contribution in [0, 0.1) is 13.5 Å². The van der Waals surface area contributed by atoms with Gasteiger partial charge >= 0.3 is 5.69 Å². The molecule has 3 heterocycles. The molecule has 8 heteroatoms. The minimum absolute atomic E-state index is 0.230. The average molecular weight is 381 g/mol. The van der Waals surface area contributed by atoms with Crippen LogP contribution in [0.25, 0.3) is 33.0 Å². The first-order valence-electron chi connectivity index (χ1n) is 8.99. The van der Waals surface area contributed by atoms with Crippen molar-refractivity contribution in [3.05, 3.63) is 88.0 Å². The van der Waals surface area contributed by atoms with Crippen molar-refractivity contribution in [3.63, 3.8) is 0 Å². The second kappa shape index (κ2) is 6.42. The first-order chi connectivity index (χ1) is 14.1. The van der Waals surface area contributed by atoms with Gasteiger partial charge in [0.25, 0.3) is 0 Å². The highest BCUT2D eigenvalue weighted by molar-refractivity contribution is 5.81. The Morgan fingerprint density at radius 2 is 2.03 bits per heavy atom. The third-order valence-corrected chi connectivity index (χ3v) is 4.96. The number of benzene rings is 2. The van der Waals surface area contributed by atoms with Crippen molar-refractivity contribution in [2.75, 3.05) is 0 Å². The Morgan fingerprint density at radius 3 is 2.86 bits per heavy atom. The molecular formula is C21H15N7O. The number of rotatable bonds is 3. The molecule has 0 aliphatic carbocycles. The number of H-pyrrole nitrogens is 1. The molecule has 29 heavy (non-hydrogen) atoms. The number of hydrogen-bond acceptors (Lipinski definition) is 4. The molecule has 0 aliphatic heterocycles. The molecule has 3 aromatic heterocycles. The van der Waals surface area contributed by atoms with Gasteiger partial charge in [-0.1, -0.05) is 30.3 Å². The van der Waals surface area contributed by atoms with Gasteiger partial charge in [-0.25, -0.2) is 19.6 Å². The fourth-order valence-electron chi connectivity index (χ4n) is 3.39. The van der Waals surface area contributed by atoms with Crippen molar-refractivity contribution in [1.82, 2.24) is 29.1 Å². The van der Waals surface area contributed by atoms with E-state index < -0.39 is 0 Å². The lowest BCUT2D eigenvalue weighted by molar-refractivity contribution is 0.770. The van der Waals surface area contributed by atoms with Gasteiger partial charge in [-0.15, -0.1) is 0 Å². The normalized spacial score (nSPS) is 11.2. The zero-order valence-corrected chi connectivity index (χ0v) is 15.5. The Morgan fingerprint density at radius 1 is 1.17 bits per heavy atom. The molecule has 5 aromatic rings. The molecule has 0 bridgehead atoms. The van der Waals surface area contributed by atoms with Crippen LogP contribution in [0.2, 0.25) is 0 Å². The van der Waals surface area contributed by atoms with E-state index in [4.69, 9.17) is 6.57 Å². The molecule has 0 saturated carbocycles. The Labute approximate surface area is 164 Å². The molecule has 0 spiro atoms. The maximum atomic E-state index is 12.5. The molecule has 0 aliphatic rings. The summed E-state index contributed by atoms with van der Waals surface area (Å²) in [5.41, 5.74) is 5.04. The summed E-state index contributed by atoms with van der Waals surface area (Å²) in [5.74, 6) is 0.410. The molecule has 0 radical (unpaired) electrons. The summed E-state index contributed by atoms with van der Waals surface area (Å²) >= 11 is 0. The van der Waals surface area contributed by atoms with Crippen molar-refractivity contribution in [2.45, 2.75) is 13.5 Å². The van der Waals surface area contributed by atoms with E-state index in [1.54, 1.807) is 33.8 Å². The monoisotopic (exact) mass is 381 g/mol. The second-order valence-corrected chi connectivity index (χ2v) is 6.75. The van der Waals surface area contributed by atoms with Crippen LogP contribution in [0.5, 0.6) is 0 Å². The number of nitrogens with zero attached hydrogens (tertiary/aromatic N) is 6. The van der Waals surface area contributed by atoms with Gasteiger partial charge in [-0.05, 0) is 30.2 Å². The predicted octanol–water partition coefficient (Wildman–Crippen LogP) is 3.37. The third-order valence-electron chi connectivity index (χ3n) is 4.96. The van der Waals surface area contributed by atoms with Gasteiger partial charge in [-0.2, -0.15) is 4.98 Å². The Balaban J connectivity index is 1.65. The molecule has 2 aromatic carbocycles. The Kier molecular flexibility index (Phi) is 3.74. The van der Waals surface area contributed by atoms with Crippen LogP contribution in [0.1, 0.15) is 11.1 Å². The molecule has 8 nitrogen and oxygen atoms in total. The van der Waals surface area contributed by atoms with Crippen LogP contribution in [-0.4, -0.2) is 29.1 Å². The minimum Gasteiger partial charge on any atom is -0.303 e. The summed E-state index contributed by atoms with van der Waals surface area (Å²) in [5, 5.41) is 0. The van der Waals surface area contributed by atoms with Crippen molar-refractivity contribution in [2.24, 2.45) is 0 Å². The maximum Gasteiger partial charge on any atom is 0.328 e. The van der Waals surface area contributed by atoms with Crippen molar-refractivity contribution in [3.8, 4) is 5.95 Å². The number of fused-ring (bicyclic) bond motifs is 2. The molecule has 0 saturated heterocycles. The number of nitrogens with one attached hydrogen (secondary N) is 1. The second-order valence-electron chi connectivity index (χ2n) is 6.75. The van der Waals surface area contributed by atoms with E-state index in [1.807, 2.05) is 37.3 Å². The highest BCUT2D eigenvalue weighted by Crippen LogP contribution is 2.22. The van der Waals surface area contributed by atoms with Crippen LogP contribution < -0.4 is 5.69 Å². The van der Waals surface area contributed by atoms with Gasteiger partial charge in [0.1, 0.15) is 11.8 Å². The zero-order valence-electron chi connectivity index (χ0n) is 15.5. The zero-order chi connectivity index (χ0) is 20.0. The lowest BCUT2D eigenvalue weighted by atomic mass is 10.1. The van der Waals surface area contributed by atoms with Gasteiger partial charge in [0.2, 0.25) is 5.95 Å². The van der Waals surface area contributed by atoms with Gasteiger partial charge in [-0.3, -0.25) is 9.13 Å². The number of aromatic nitrogens is 6. The van der Waals surface area contributed by atoms with Crippen molar-refractivity contribution >= 4 is 27.9 Å². The summed E-state index contributed by atoms with van der Waals surface area (Å²) in [6, 6.07) is 13.2. The topological polar surface area (TPSA) is 85.8 Å². The lowest BCUT2D eigenvalue weighted by Gasteiger charge is -2.07. The fourth-order valence-corrected chi connectivity index (χ4v) is 3.39. The van der Waals surface area contributed by atoms with Crippen LogP contribution in [0.15, 0.2) is 59.8 Å². The molecule has 5 rings (SSSR count). The summed E-state index contributed by atoms with van der Waals surface area (Å²) in [6.45, 7) is 9.58. The standard InChI is InChI=1S/C21H15N7O/c1-13-5-3-4-6-14(13)11-27-19-17(25-21(27)29)10-23-20(26-19)28-12-24-16-9-15(22-2)7-8-18(16)28/h3-10,12H,11H2,1H3,(H,25,29). The lowest BCUT2D eigenvalue weighted by Crippen LogP contribution is -2.18. The molecule has 0 fully saturated rings. The smallest absolute Gasteiger partial charge is 0.303 e. The van der Waals surface area contributed by atoms with E-state index in [2.05, 4.69) is 24.8 Å². The minimum atomic E-state index is -0.230. The van der Waals surface area contributed by atoms with Crippen molar-refractivity contribution < 1.29 is 0 Å². The summed E-state index contributed by atoms with van der Waals surface area (Å²) in [4.78, 5) is 32.2. The van der Waals surface area contributed by atoms with Crippen LogP contribution >= 0.6 is 0 Å². The first-order valence-corrected chi connectivity index (χ1v) is 8.99. The molecular weight excluding hydrogens is 366 g/mol. The highest BCUT2D eigenvalue weighted by atomic mass is 16.1. The van der Waals surface area contributed by atoms with E-state index in [9.17, 15) is 4.79 Å². The SMILES string of the molecule is [C-]#[N+]c1ccc2c(c1)ncn2-c1ncc2[nH]c(=O)n(Cc3ccccc3C)c2n1. The Hall–Kier alpha value is -4.25. The first kappa shape index (κ1) is 16.9. The molecule has 1 N–H and O–H groups in total. The average Bonchev–Trinajstić information content (AvgIpc) is 3.29. The molecule has 0 amide bonds. The van der Waals surface area contributed by atoms with Crippen molar-refractivity contribution in [1.29, 1.82) is 0 Å². The van der Waals surface area contributed by atoms with Crippen LogP contribution in [0.4, 0.5) is 5.69 Å². The van der Waals surface area contributed by atoms with E-state index in [-0.39, 0.29) is 5.69 Å². The number of aryl methyl sites for hydroxylation is 1. The molecule has 0 atom stereocenters. The number of hydrogen-bond donors (Lipinski definition) is 1. The van der Waals surface area contributed by atoms with Crippen LogP contribution in [0.3, 0.4) is 0 Å². The summed E-state index contributed by atoms with van der Waals surface area (Å²) in [6.07, 6.45) is 3.22. The van der Waals surface area contributed by atoms with Gasteiger partial charge in [0.05, 0.1) is 30.3 Å². The largest absolute Gasteiger partial charge is 0.328 e. The van der Waals surface area contributed by atoms with Gasteiger partial charge in [0, 0.05) is 0 Å². The number of imidazole rings is 2. The quantitative estimate of drug-likeness (QED) is 0.486. The maximum absolute atomic E-state index is 12.5. The fraction of sp³-hybridized carbons (Fsp3) is 0.0952. The van der Waals surface area contributed by atoms with Crippen LogP contribution in [-0.2, 0) is 6.54 Å².